The lowest BCUT2D eigenvalue weighted by Crippen LogP contribution is -2.20. The first kappa shape index (κ1) is 8.44. The van der Waals surface area contributed by atoms with Crippen molar-refractivity contribution >= 4 is 5.82 Å². The third kappa shape index (κ3) is 1.95. The molecule has 1 aliphatic rings. The molecule has 4 nitrogen and oxygen atoms in total. The van der Waals surface area contributed by atoms with Gasteiger partial charge in [0.2, 0.25) is 0 Å². The maximum atomic E-state index is 5.26. The highest BCUT2D eigenvalue weighted by molar-refractivity contribution is 5.39. The summed E-state index contributed by atoms with van der Waals surface area (Å²) in [5.74, 6) is 0.873. The van der Waals surface area contributed by atoms with E-state index in [-0.39, 0.29) is 0 Å². The van der Waals surface area contributed by atoms with Crippen molar-refractivity contribution < 1.29 is 4.74 Å². The summed E-state index contributed by atoms with van der Waals surface area (Å²) in [7, 11) is 0. The molecule has 2 heterocycles. The minimum atomic E-state index is 0.399. The molecule has 0 radical (unpaired) electrons. The minimum absolute atomic E-state index is 0.399. The number of nitrogens with one attached hydrogen (secondary N) is 1. The molecular weight excluding hydrogens is 166 g/mol. The van der Waals surface area contributed by atoms with Crippen molar-refractivity contribution in [3.63, 3.8) is 0 Å². The van der Waals surface area contributed by atoms with Crippen molar-refractivity contribution in [1.29, 1.82) is 0 Å². The van der Waals surface area contributed by atoms with E-state index in [4.69, 9.17) is 4.74 Å². The number of anilines is 1. The van der Waals surface area contributed by atoms with Crippen molar-refractivity contribution in [1.82, 2.24) is 9.97 Å². The molecule has 70 valence electrons. The van der Waals surface area contributed by atoms with E-state index in [1.807, 2.05) is 6.92 Å². The molecule has 4 heteroatoms. The number of ether oxygens (including phenoxy) is 1. The molecule has 0 aromatic carbocycles. The highest BCUT2D eigenvalue weighted by Gasteiger charge is 2.16. The molecular formula is C9H13N3O. The van der Waals surface area contributed by atoms with Gasteiger partial charge in [-0.2, -0.15) is 0 Å². The normalized spacial score (nSPS) is 21.8. The Balaban J connectivity index is 2.04. The molecule has 0 bridgehead atoms. The maximum Gasteiger partial charge on any atom is 0.147 e. The van der Waals surface area contributed by atoms with Gasteiger partial charge < -0.3 is 10.1 Å². The zero-order valence-corrected chi connectivity index (χ0v) is 7.66. The van der Waals surface area contributed by atoms with Crippen LogP contribution in [-0.2, 0) is 4.74 Å². The van der Waals surface area contributed by atoms with E-state index in [9.17, 15) is 0 Å². The number of aromatic nitrogens is 2. The SMILES string of the molecule is Cc1nccnc1NC1CCOC1. The fourth-order valence-corrected chi connectivity index (χ4v) is 1.39. The van der Waals surface area contributed by atoms with Gasteiger partial charge in [0.1, 0.15) is 5.82 Å². The van der Waals surface area contributed by atoms with Gasteiger partial charge >= 0.3 is 0 Å². The first-order chi connectivity index (χ1) is 6.36. The highest BCUT2D eigenvalue weighted by Crippen LogP contribution is 2.12. The molecule has 0 amide bonds. The number of rotatable bonds is 2. The Morgan fingerprint density at radius 3 is 3.00 bits per heavy atom. The van der Waals surface area contributed by atoms with Crippen molar-refractivity contribution in [2.24, 2.45) is 0 Å². The van der Waals surface area contributed by atoms with E-state index < -0.39 is 0 Å². The van der Waals surface area contributed by atoms with E-state index in [1.54, 1.807) is 12.4 Å². The van der Waals surface area contributed by atoms with Crippen molar-refractivity contribution in [2.75, 3.05) is 18.5 Å². The second-order valence-corrected chi connectivity index (χ2v) is 3.20. The third-order valence-corrected chi connectivity index (χ3v) is 2.15. The number of hydrogen-bond acceptors (Lipinski definition) is 4. The van der Waals surface area contributed by atoms with Crippen LogP contribution < -0.4 is 5.32 Å². The van der Waals surface area contributed by atoms with Gasteiger partial charge in [-0.25, -0.2) is 4.98 Å². The summed E-state index contributed by atoms with van der Waals surface area (Å²) >= 11 is 0. The van der Waals surface area contributed by atoms with Crippen LogP contribution in [0.5, 0.6) is 0 Å². The van der Waals surface area contributed by atoms with Crippen LogP contribution in [0.25, 0.3) is 0 Å². The van der Waals surface area contributed by atoms with Crippen LogP contribution in [0.2, 0.25) is 0 Å². The van der Waals surface area contributed by atoms with E-state index >= 15 is 0 Å². The van der Waals surface area contributed by atoms with Gasteiger partial charge in [0.25, 0.3) is 0 Å². The fourth-order valence-electron chi connectivity index (χ4n) is 1.39. The van der Waals surface area contributed by atoms with Crippen LogP contribution in [-0.4, -0.2) is 29.2 Å². The van der Waals surface area contributed by atoms with Gasteiger partial charge in [-0.15, -0.1) is 0 Å². The molecule has 0 saturated carbocycles. The molecule has 0 aliphatic carbocycles. The molecule has 1 aliphatic heterocycles. The molecule has 1 aromatic heterocycles. The predicted molar refractivity (Wildman–Crippen MR) is 49.6 cm³/mol. The van der Waals surface area contributed by atoms with E-state index in [2.05, 4.69) is 15.3 Å². The predicted octanol–water partition coefficient (Wildman–Crippen LogP) is 0.986. The maximum absolute atomic E-state index is 5.26. The fraction of sp³-hybridized carbons (Fsp3) is 0.556. The zero-order chi connectivity index (χ0) is 9.10. The van der Waals surface area contributed by atoms with Gasteiger partial charge in [-0.05, 0) is 13.3 Å². The van der Waals surface area contributed by atoms with Crippen LogP contribution >= 0.6 is 0 Å². The summed E-state index contributed by atoms with van der Waals surface area (Å²) < 4.78 is 5.26. The second-order valence-electron chi connectivity index (χ2n) is 3.20. The van der Waals surface area contributed by atoms with Gasteiger partial charge in [0.05, 0.1) is 18.3 Å². The van der Waals surface area contributed by atoms with Crippen LogP contribution in [0.1, 0.15) is 12.1 Å². The first-order valence-corrected chi connectivity index (χ1v) is 4.48. The number of hydrogen-bond donors (Lipinski definition) is 1. The largest absolute Gasteiger partial charge is 0.379 e. The van der Waals surface area contributed by atoms with Gasteiger partial charge in [-0.1, -0.05) is 0 Å². The lowest BCUT2D eigenvalue weighted by atomic mass is 10.2. The van der Waals surface area contributed by atoms with Gasteiger partial charge in [0.15, 0.2) is 0 Å². The molecule has 1 saturated heterocycles. The Morgan fingerprint density at radius 1 is 1.46 bits per heavy atom. The van der Waals surface area contributed by atoms with Crippen LogP contribution in [0, 0.1) is 6.92 Å². The lowest BCUT2D eigenvalue weighted by molar-refractivity contribution is 0.195. The summed E-state index contributed by atoms with van der Waals surface area (Å²) in [6.07, 6.45) is 4.45. The Labute approximate surface area is 77.4 Å². The minimum Gasteiger partial charge on any atom is -0.379 e. The Morgan fingerprint density at radius 2 is 2.31 bits per heavy atom. The molecule has 1 unspecified atom stereocenters. The monoisotopic (exact) mass is 179 g/mol. The Hall–Kier alpha value is -1.16. The van der Waals surface area contributed by atoms with Gasteiger partial charge in [-0.3, -0.25) is 4.98 Å². The molecule has 0 spiro atoms. The van der Waals surface area contributed by atoms with Crippen molar-refractivity contribution in [2.45, 2.75) is 19.4 Å². The summed E-state index contributed by atoms with van der Waals surface area (Å²) in [5.41, 5.74) is 0.939. The molecule has 2 rings (SSSR count). The second kappa shape index (κ2) is 3.70. The van der Waals surface area contributed by atoms with E-state index in [0.29, 0.717) is 6.04 Å². The Bertz CT molecular complexity index is 284. The van der Waals surface area contributed by atoms with Crippen LogP contribution in [0.4, 0.5) is 5.82 Å². The molecule has 1 N–H and O–H groups in total. The molecule has 13 heavy (non-hydrogen) atoms. The van der Waals surface area contributed by atoms with E-state index in [1.165, 1.54) is 0 Å². The smallest absolute Gasteiger partial charge is 0.147 e. The molecule has 1 atom stereocenters. The summed E-state index contributed by atoms with van der Waals surface area (Å²) in [5, 5.41) is 3.31. The molecule has 1 fully saturated rings. The van der Waals surface area contributed by atoms with Crippen molar-refractivity contribution in [3.05, 3.63) is 18.1 Å². The highest BCUT2D eigenvalue weighted by atomic mass is 16.5. The van der Waals surface area contributed by atoms with Gasteiger partial charge in [0, 0.05) is 19.0 Å². The summed E-state index contributed by atoms with van der Waals surface area (Å²) in [6.45, 7) is 3.57. The standard InChI is InChI=1S/C9H13N3O/c1-7-9(11-4-3-10-7)12-8-2-5-13-6-8/h3-4,8H,2,5-6H2,1H3,(H,11,12). The third-order valence-electron chi connectivity index (χ3n) is 2.15. The summed E-state index contributed by atoms with van der Waals surface area (Å²) in [4.78, 5) is 8.37. The van der Waals surface area contributed by atoms with Crippen LogP contribution in [0.3, 0.4) is 0 Å². The average molecular weight is 179 g/mol. The Kier molecular flexibility index (Phi) is 2.40. The van der Waals surface area contributed by atoms with E-state index in [0.717, 1.165) is 31.1 Å². The van der Waals surface area contributed by atoms with Crippen LogP contribution in [0.15, 0.2) is 12.4 Å². The average Bonchev–Trinajstić information content (AvgIpc) is 2.61. The quantitative estimate of drug-likeness (QED) is 0.735. The number of aryl methyl sites for hydroxylation is 1. The zero-order valence-electron chi connectivity index (χ0n) is 7.66. The van der Waals surface area contributed by atoms with Crippen molar-refractivity contribution in [3.8, 4) is 0 Å². The topological polar surface area (TPSA) is 47.0 Å². The molecule has 1 aromatic rings. The first-order valence-electron chi connectivity index (χ1n) is 4.48. The summed E-state index contributed by atoms with van der Waals surface area (Å²) in [6, 6.07) is 0.399. The number of nitrogens with zero attached hydrogens (tertiary/aromatic N) is 2. The lowest BCUT2D eigenvalue weighted by Gasteiger charge is -2.11.